The number of H-pyrrole nitrogens is 1. The van der Waals surface area contributed by atoms with Crippen molar-refractivity contribution in [2.75, 3.05) is 0 Å². The lowest BCUT2D eigenvalue weighted by atomic mass is 10.2. The summed E-state index contributed by atoms with van der Waals surface area (Å²) in [5.41, 5.74) is -0.531. The van der Waals surface area contributed by atoms with E-state index in [1.807, 2.05) is 5.10 Å². The van der Waals surface area contributed by atoms with Crippen LogP contribution in [0.25, 0.3) is 10.8 Å². The van der Waals surface area contributed by atoms with Crippen molar-refractivity contribution in [3.8, 4) is 0 Å². The Kier molecular flexibility index (Phi) is 1.58. The zero-order valence-electron chi connectivity index (χ0n) is 6.34. The first kappa shape index (κ1) is 7.85. The number of halogens is 2. The standard InChI is InChI=1S/C8H4F2N2O/c9-4-1-2-5-6(3-4)7(10)11-12-8(5)13/h1-3H,(H,12,13). The summed E-state index contributed by atoms with van der Waals surface area (Å²) in [6.07, 6.45) is 0. The predicted octanol–water partition coefficient (Wildman–Crippen LogP) is 1.20. The van der Waals surface area contributed by atoms with Gasteiger partial charge in [0.2, 0.25) is 5.95 Å². The fourth-order valence-electron chi connectivity index (χ4n) is 1.11. The van der Waals surface area contributed by atoms with Gasteiger partial charge in [0, 0.05) is 5.39 Å². The highest BCUT2D eigenvalue weighted by atomic mass is 19.1. The second kappa shape index (κ2) is 2.62. The summed E-state index contributed by atoms with van der Waals surface area (Å²) in [4.78, 5) is 11.0. The Morgan fingerprint density at radius 1 is 1.23 bits per heavy atom. The molecule has 5 heteroatoms. The first-order valence-electron chi connectivity index (χ1n) is 3.52. The van der Waals surface area contributed by atoms with Crippen molar-refractivity contribution in [1.29, 1.82) is 0 Å². The van der Waals surface area contributed by atoms with Crippen LogP contribution in [0.2, 0.25) is 0 Å². The van der Waals surface area contributed by atoms with Crippen LogP contribution in [0.5, 0.6) is 0 Å². The average Bonchev–Trinajstić information content (AvgIpc) is 2.12. The summed E-state index contributed by atoms with van der Waals surface area (Å²) in [6, 6.07) is 3.25. The van der Waals surface area contributed by atoms with Gasteiger partial charge in [-0.05, 0) is 18.2 Å². The van der Waals surface area contributed by atoms with Crippen LogP contribution in [-0.4, -0.2) is 10.2 Å². The molecule has 0 aliphatic rings. The molecule has 66 valence electrons. The third-order valence-electron chi connectivity index (χ3n) is 1.70. The molecular formula is C8H4F2N2O. The van der Waals surface area contributed by atoms with Gasteiger partial charge in [0.05, 0.1) is 5.39 Å². The quantitative estimate of drug-likeness (QED) is 0.665. The summed E-state index contributed by atoms with van der Waals surface area (Å²) in [7, 11) is 0. The van der Waals surface area contributed by atoms with Crippen LogP contribution < -0.4 is 5.56 Å². The fourth-order valence-corrected chi connectivity index (χ4v) is 1.11. The third-order valence-corrected chi connectivity index (χ3v) is 1.70. The lowest BCUT2D eigenvalue weighted by Gasteiger charge is -1.96. The maximum atomic E-state index is 12.9. The van der Waals surface area contributed by atoms with Crippen molar-refractivity contribution in [2.45, 2.75) is 0 Å². The Bertz CT molecular complexity index is 521. The van der Waals surface area contributed by atoms with Crippen molar-refractivity contribution in [2.24, 2.45) is 0 Å². The van der Waals surface area contributed by atoms with Gasteiger partial charge >= 0.3 is 0 Å². The molecule has 0 amide bonds. The van der Waals surface area contributed by atoms with E-state index in [1.165, 1.54) is 6.07 Å². The fraction of sp³-hybridized carbons (Fsp3) is 0. The highest BCUT2D eigenvalue weighted by Crippen LogP contribution is 2.12. The Hall–Kier alpha value is -1.78. The van der Waals surface area contributed by atoms with E-state index in [4.69, 9.17) is 0 Å². The van der Waals surface area contributed by atoms with E-state index in [1.54, 1.807) is 0 Å². The third kappa shape index (κ3) is 1.18. The van der Waals surface area contributed by atoms with Crippen molar-refractivity contribution in [3.05, 3.63) is 40.3 Å². The van der Waals surface area contributed by atoms with Gasteiger partial charge in [0.1, 0.15) is 5.82 Å². The molecule has 2 aromatic rings. The van der Waals surface area contributed by atoms with Gasteiger partial charge in [0.15, 0.2) is 0 Å². The molecule has 0 saturated carbocycles. The molecule has 13 heavy (non-hydrogen) atoms. The molecule has 0 radical (unpaired) electrons. The summed E-state index contributed by atoms with van der Waals surface area (Å²) >= 11 is 0. The Morgan fingerprint density at radius 2 is 2.00 bits per heavy atom. The van der Waals surface area contributed by atoms with Gasteiger partial charge in [-0.2, -0.15) is 4.39 Å². The van der Waals surface area contributed by atoms with Crippen LogP contribution in [-0.2, 0) is 0 Å². The van der Waals surface area contributed by atoms with E-state index in [0.717, 1.165) is 12.1 Å². The highest BCUT2D eigenvalue weighted by Gasteiger charge is 2.05. The number of rotatable bonds is 0. The minimum atomic E-state index is -0.880. The number of hydrogen-bond acceptors (Lipinski definition) is 2. The maximum absolute atomic E-state index is 12.9. The summed E-state index contributed by atoms with van der Waals surface area (Å²) in [6.45, 7) is 0. The van der Waals surface area contributed by atoms with Crippen LogP contribution in [0.15, 0.2) is 23.0 Å². The number of nitrogens with zero attached hydrogens (tertiary/aromatic N) is 1. The first-order chi connectivity index (χ1) is 6.18. The average molecular weight is 182 g/mol. The monoisotopic (exact) mass is 182 g/mol. The van der Waals surface area contributed by atoms with Crippen molar-refractivity contribution >= 4 is 10.8 Å². The molecule has 1 N–H and O–H groups in total. The molecule has 0 aliphatic carbocycles. The molecule has 0 spiro atoms. The topological polar surface area (TPSA) is 45.8 Å². The van der Waals surface area contributed by atoms with Crippen molar-refractivity contribution in [3.63, 3.8) is 0 Å². The zero-order valence-corrected chi connectivity index (χ0v) is 6.34. The van der Waals surface area contributed by atoms with Gasteiger partial charge in [-0.3, -0.25) is 4.79 Å². The summed E-state index contributed by atoms with van der Waals surface area (Å²) < 4.78 is 25.5. The van der Waals surface area contributed by atoms with E-state index in [2.05, 4.69) is 5.10 Å². The number of nitrogens with one attached hydrogen (secondary N) is 1. The summed E-state index contributed by atoms with van der Waals surface area (Å²) in [5, 5.41) is 5.02. The predicted molar refractivity (Wildman–Crippen MR) is 42.3 cm³/mol. The Balaban J connectivity index is 3.01. The normalized spacial score (nSPS) is 10.6. The maximum Gasteiger partial charge on any atom is 0.272 e. The Morgan fingerprint density at radius 3 is 2.77 bits per heavy atom. The molecule has 0 unspecified atom stereocenters. The van der Waals surface area contributed by atoms with Crippen LogP contribution in [0.1, 0.15) is 0 Å². The number of fused-ring (bicyclic) bond motifs is 1. The van der Waals surface area contributed by atoms with E-state index < -0.39 is 17.3 Å². The van der Waals surface area contributed by atoms with Gasteiger partial charge in [-0.25, -0.2) is 9.49 Å². The molecule has 0 saturated heterocycles. The molecule has 1 heterocycles. The van der Waals surface area contributed by atoms with Crippen molar-refractivity contribution < 1.29 is 8.78 Å². The lowest BCUT2D eigenvalue weighted by Crippen LogP contribution is -2.10. The molecule has 0 atom stereocenters. The number of hydrogen-bond donors (Lipinski definition) is 1. The number of aromatic amines is 1. The van der Waals surface area contributed by atoms with Gasteiger partial charge in [-0.15, -0.1) is 5.10 Å². The summed E-state index contributed by atoms with van der Waals surface area (Å²) in [5.74, 6) is -1.48. The molecule has 3 nitrogen and oxygen atoms in total. The minimum Gasteiger partial charge on any atom is -0.267 e. The van der Waals surface area contributed by atoms with Crippen LogP contribution in [0, 0.1) is 11.8 Å². The van der Waals surface area contributed by atoms with Crippen LogP contribution in [0.4, 0.5) is 8.78 Å². The van der Waals surface area contributed by atoms with Gasteiger partial charge in [-0.1, -0.05) is 0 Å². The molecule has 0 bridgehead atoms. The van der Waals surface area contributed by atoms with E-state index in [0.29, 0.717) is 0 Å². The Labute approximate surface area is 71.0 Å². The zero-order chi connectivity index (χ0) is 9.42. The second-order valence-electron chi connectivity index (χ2n) is 2.53. The van der Waals surface area contributed by atoms with E-state index in [-0.39, 0.29) is 10.8 Å². The number of aromatic nitrogens is 2. The number of benzene rings is 1. The largest absolute Gasteiger partial charge is 0.272 e. The van der Waals surface area contributed by atoms with E-state index in [9.17, 15) is 13.6 Å². The molecular weight excluding hydrogens is 178 g/mol. The first-order valence-corrected chi connectivity index (χ1v) is 3.52. The SMILES string of the molecule is O=c1[nH]nc(F)c2cc(F)ccc12. The second-order valence-corrected chi connectivity index (χ2v) is 2.53. The van der Waals surface area contributed by atoms with E-state index >= 15 is 0 Å². The van der Waals surface area contributed by atoms with Crippen LogP contribution in [0.3, 0.4) is 0 Å². The smallest absolute Gasteiger partial charge is 0.267 e. The molecule has 0 aliphatic heterocycles. The van der Waals surface area contributed by atoms with Gasteiger partial charge < -0.3 is 0 Å². The lowest BCUT2D eigenvalue weighted by molar-refractivity contribution is 0.571. The molecule has 0 fully saturated rings. The molecule has 1 aromatic heterocycles. The van der Waals surface area contributed by atoms with Crippen LogP contribution >= 0.6 is 0 Å². The molecule has 2 rings (SSSR count). The minimum absolute atomic E-state index is 0.0916. The highest BCUT2D eigenvalue weighted by molar-refractivity contribution is 5.80. The van der Waals surface area contributed by atoms with Gasteiger partial charge in [0.25, 0.3) is 5.56 Å². The molecule has 1 aromatic carbocycles. The van der Waals surface area contributed by atoms with Crippen molar-refractivity contribution in [1.82, 2.24) is 10.2 Å².